The zero-order chi connectivity index (χ0) is 8.10. The van der Waals surface area contributed by atoms with Crippen molar-refractivity contribution in [2.24, 2.45) is 0 Å². The summed E-state index contributed by atoms with van der Waals surface area (Å²) in [5.41, 5.74) is 0.518. The van der Waals surface area contributed by atoms with Gasteiger partial charge in [0, 0.05) is 6.07 Å². The summed E-state index contributed by atoms with van der Waals surface area (Å²) < 4.78 is 5.11. The molecular formula is C8H9NO2. The fraction of sp³-hybridized carbons (Fsp3) is 0.125. The molecule has 3 heteroatoms. The molecule has 0 aliphatic heterocycles. The number of rotatable bonds is 4. The molecule has 0 saturated heterocycles. The number of carbonyl (C=O) groups is 1. The molecule has 58 valence electrons. The van der Waals surface area contributed by atoms with Gasteiger partial charge in [-0.05, 0) is 6.07 Å². The van der Waals surface area contributed by atoms with Gasteiger partial charge in [-0.3, -0.25) is 4.79 Å². The van der Waals surface area contributed by atoms with Crippen molar-refractivity contribution in [3.63, 3.8) is 0 Å². The second kappa shape index (κ2) is 3.61. The highest BCUT2D eigenvalue weighted by atomic mass is 16.5. The molecule has 1 rings (SSSR count). The monoisotopic (exact) mass is 151 g/mol. The summed E-state index contributed by atoms with van der Waals surface area (Å²) in [7, 11) is 0. The Bertz CT molecular complexity index is 252. The van der Waals surface area contributed by atoms with Crippen LogP contribution in [-0.4, -0.2) is 17.9 Å². The molecular weight excluding hydrogens is 142 g/mol. The first-order chi connectivity index (χ1) is 5.36. The van der Waals surface area contributed by atoms with Crippen LogP contribution in [0.2, 0.25) is 0 Å². The van der Waals surface area contributed by atoms with Gasteiger partial charge in [0.25, 0.3) is 0 Å². The third kappa shape index (κ3) is 1.97. The predicted octanol–water partition coefficient (Wildman–Crippen LogP) is 1.39. The highest BCUT2D eigenvalue weighted by molar-refractivity contribution is 5.72. The topological polar surface area (TPSA) is 42.1 Å². The molecule has 3 nitrogen and oxygen atoms in total. The van der Waals surface area contributed by atoms with E-state index in [1.54, 1.807) is 18.2 Å². The first kappa shape index (κ1) is 7.60. The molecule has 0 unspecified atom stereocenters. The molecule has 0 atom stereocenters. The van der Waals surface area contributed by atoms with Gasteiger partial charge in [-0.15, -0.1) is 0 Å². The van der Waals surface area contributed by atoms with E-state index >= 15 is 0 Å². The van der Waals surface area contributed by atoms with E-state index in [0.717, 1.165) is 6.29 Å². The van der Waals surface area contributed by atoms with Crippen LogP contribution in [0.25, 0.3) is 0 Å². The number of H-pyrrole nitrogens is 1. The Labute approximate surface area is 64.7 Å². The quantitative estimate of drug-likeness (QED) is 0.522. The Morgan fingerprint density at radius 1 is 1.64 bits per heavy atom. The largest absolute Gasteiger partial charge is 0.475 e. The number of aromatic nitrogens is 1. The maximum absolute atomic E-state index is 10.2. The number of aromatic amines is 1. The normalized spacial score (nSPS) is 9.09. The van der Waals surface area contributed by atoms with E-state index < -0.39 is 0 Å². The van der Waals surface area contributed by atoms with Crippen LogP contribution in [0.15, 0.2) is 24.8 Å². The van der Waals surface area contributed by atoms with Gasteiger partial charge in [-0.1, -0.05) is 12.7 Å². The van der Waals surface area contributed by atoms with Gasteiger partial charge >= 0.3 is 0 Å². The summed E-state index contributed by atoms with van der Waals surface area (Å²) in [6, 6.07) is 3.36. The number of carbonyl (C=O) groups excluding carboxylic acids is 1. The van der Waals surface area contributed by atoms with Crippen molar-refractivity contribution in [1.29, 1.82) is 0 Å². The summed E-state index contributed by atoms with van der Waals surface area (Å²) in [6.45, 7) is 3.94. The fourth-order valence-corrected chi connectivity index (χ4v) is 0.693. The van der Waals surface area contributed by atoms with Crippen LogP contribution >= 0.6 is 0 Å². The number of hydrogen-bond acceptors (Lipinski definition) is 2. The summed E-state index contributed by atoms with van der Waals surface area (Å²) >= 11 is 0. The van der Waals surface area contributed by atoms with Crippen molar-refractivity contribution in [3.8, 4) is 5.88 Å². The van der Waals surface area contributed by atoms with Crippen molar-refractivity contribution < 1.29 is 9.53 Å². The van der Waals surface area contributed by atoms with Gasteiger partial charge in [0.1, 0.15) is 6.61 Å². The van der Waals surface area contributed by atoms with Crippen molar-refractivity contribution in [2.45, 2.75) is 0 Å². The van der Waals surface area contributed by atoms with E-state index in [9.17, 15) is 4.79 Å². The lowest BCUT2D eigenvalue weighted by atomic mass is 10.5. The number of hydrogen-bond donors (Lipinski definition) is 1. The molecule has 1 N–H and O–H groups in total. The Morgan fingerprint density at radius 3 is 3.00 bits per heavy atom. The summed E-state index contributed by atoms with van der Waals surface area (Å²) in [5, 5.41) is 0. The number of ether oxygens (including phenoxy) is 1. The highest BCUT2D eigenvalue weighted by Crippen LogP contribution is 2.07. The molecule has 0 saturated carbocycles. The Kier molecular flexibility index (Phi) is 2.49. The van der Waals surface area contributed by atoms with Gasteiger partial charge in [0.05, 0.1) is 5.69 Å². The summed E-state index contributed by atoms with van der Waals surface area (Å²) in [4.78, 5) is 12.9. The zero-order valence-electron chi connectivity index (χ0n) is 6.04. The first-order valence-electron chi connectivity index (χ1n) is 3.24. The molecule has 0 fully saturated rings. The van der Waals surface area contributed by atoms with Crippen LogP contribution in [0.5, 0.6) is 5.88 Å². The maximum atomic E-state index is 10.2. The van der Waals surface area contributed by atoms with E-state index in [4.69, 9.17) is 4.74 Å². The molecule has 1 heterocycles. The Balaban J connectivity index is 2.57. The molecule has 0 aromatic carbocycles. The molecule has 1 aromatic rings. The Morgan fingerprint density at radius 2 is 2.45 bits per heavy atom. The molecule has 1 aromatic heterocycles. The first-order valence-corrected chi connectivity index (χ1v) is 3.24. The average molecular weight is 151 g/mol. The van der Waals surface area contributed by atoms with E-state index in [2.05, 4.69) is 11.6 Å². The second-order valence-corrected chi connectivity index (χ2v) is 2.00. The average Bonchev–Trinajstić information content (AvgIpc) is 2.48. The molecule has 11 heavy (non-hydrogen) atoms. The summed E-state index contributed by atoms with van der Waals surface area (Å²) in [6.07, 6.45) is 2.38. The molecule has 0 aliphatic rings. The van der Waals surface area contributed by atoms with Crippen LogP contribution in [0, 0.1) is 0 Å². The van der Waals surface area contributed by atoms with Crippen LogP contribution in [-0.2, 0) is 0 Å². The van der Waals surface area contributed by atoms with Gasteiger partial charge in [-0.2, -0.15) is 0 Å². The summed E-state index contributed by atoms with van der Waals surface area (Å²) in [5.74, 6) is 0.590. The smallest absolute Gasteiger partial charge is 0.191 e. The van der Waals surface area contributed by atoms with Crippen molar-refractivity contribution in [2.75, 3.05) is 6.61 Å². The maximum Gasteiger partial charge on any atom is 0.191 e. The van der Waals surface area contributed by atoms with Crippen LogP contribution in [0.3, 0.4) is 0 Å². The third-order valence-electron chi connectivity index (χ3n) is 1.17. The molecule has 0 radical (unpaired) electrons. The lowest BCUT2D eigenvalue weighted by molar-refractivity contribution is 0.111. The second-order valence-electron chi connectivity index (χ2n) is 2.00. The standard InChI is InChI=1S/C8H9NO2/c1-2-5-11-8-4-3-7(6-10)9-8/h2-4,6,9H,1,5H2. The van der Waals surface area contributed by atoms with Gasteiger partial charge in [0.15, 0.2) is 12.2 Å². The van der Waals surface area contributed by atoms with Gasteiger partial charge in [0.2, 0.25) is 0 Å². The van der Waals surface area contributed by atoms with Crippen LogP contribution in [0.1, 0.15) is 10.5 Å². The predicted molar refractivity (Wildman–Crippen MR) is 41.9 cm³/mol. The minimum Gasteiger partial charge on any atom is -0.475 e. The fourth-order valence-electron chi connectivity index (χ4n) is 0.693. The van der Waals surface area contributed by atoms with Gasteiger partial charge < -0.3 is 9.72 Å². The molecule has 0 amide bonds. The van der Waals surface area contributed by atoms with Crippen LogP contribution < -0.4 is 4.74 Å². The number of nitrogens with one attached hydrogen (secondary N) is 1. The van der Waals surface area contributed by atoms with Gasteiger partial charge in [-0.25, -0.2) is 0 Å². The highest BCUT2D eigenvalue weighted by Gasteiger charge is 1.95. The SMILES string of the molecule is C=CCOc1ccc(C=O)[nH]1. The van der Waals surface area contributed by atoms with Crippen molar-refractivity contribution in [1.82, 2.24) is 4.98 Å². The lowest BCUT2D eigenvalue weighted by Gasteiger charge is -1.96. The Hall–Kier alpha value is -1.51. The minimum absolute atomic E-state index is 0.443. The van der Waals surface area contributed by atoms with E-state index in [0.29, 0.717) is 18.2 Å². The third-order valence-corrected chi connectivity index (χ3v) is 1.17. The molecule has 0 spiro atoms. The minimum atomic E-state index is 0.443. The molecule has 0 aliphatic carbocycles. The van der Waals surface area contributed by atoms with Crippen molar-refractivity contribution in [3.05, 3.63) is 30.5 Å². The van der Waals surface area contributed by atoms with E-state index in [1.165, 1.54) is 0 Å². The number of aldehydes is 1. The lowest BCUT2D eigenvalue weighted by Crippen LogP contribution is -1.92. The van der Waals surface area contributed by atoms with E-state index in [1.807, 2.05) is 0 Å². The van der Waals surface area contributed by atoms with Crippen molar-refractivity contribution >= 4 is 6.29 Å². The van der Waals surface area contributed by atoms with E-state index in [-0.39, 0.29) is 0 Å². The zero-order valence-corrected chi connectivity index (χ0v) is 6.04. The van der Waals surface area contributed by atoms with Crippen LogP contribution in [0.4, 0.5) is 0 Å². The molecule has 0 bridgehead atoms.